The van der Waals surface area contributed by atoms with Gasteiger partial charge in [-0.1, -0.05) is 72.8 Å². The first-order chi connectivity index (χ1) is 12.3. The quantitative estimate of drug-likeness (QED) is 0.418. The normalized spacial score (nSPS) is 19.0. The molecule has 0 aliphatic carbocycles. The highest BCUT2D eigenvalue weighted by Gasteiger charge is 2.39. The fraction of sp³-hybridized carbons (Fsp3) is 0. The Hall–Kier alpha value is -2.41. The van der Waals surface area contributed by atoms with E-state index < -0.39 is 7.14 Å². The summed E-state index contributed by atoms with van der Waals surface area (Å²) in [5.41, 5.74) is 1.07. The molecule has 120 valence electrons. The molecule has 1 nitrogen and oxygen atoms in total. The molecule has 5 rings (SSSR count). The van der Waals surface area contributed by atoms with E-state index in [0.717, 1.165) is 26.4 Å². The van der Waals surface area contributed by atoms with Gasteiger partial charge in [-0.25, -0.2) is 0 Å². The molecule has 1 unspecified atom stereocenters. The molecule has 3 heteroatoms. The van der Waals surface area contributed by atoms with Crippen LogP contribution in [-0.4, -0.2) is 0 Å². The summed E-state index contributed by atoms with van der Waals surface area (Å²) in [6, 6.07) is 28.5. The molecule has 4 aromatic rings. The van der Waals surface area contributed by atoms with Gasteiger partial charge in [0.15, 0.2) is 7.14 Å². The van der Waals surface area contributed by atoms with Crippen LogP contribution in [0.3, 0.4) is 0 Å². The molecule has 25 heavy (non-hydrogen) atoms. The predicted molar refractivity (Wildman–Crippen MR) is 109 cm³/mol. The number of hydrogen-bond acceptors (Lipinski definition) is 2. The molecule has 0 bridgehead atoms. The van der Waals surface area contributed by atoms with Crippen LogP contribution in [0.4, 0.5) is 0 Å². The zero-order valence-corrected chi connectivity index (χ0v) is 15.1. The van der Waals surface area contributed by atoms with Crippen LogP contribution in [0.2, 0.25) is 0 Å². The van der Waals surface area contributed by atoms with Gasteiger partial charge in [-0.2, -0.15) is 0 Å². The fourth-order valence-corrected chi connectivity index (χ4v) is 7.92. The molecule has 0 fully saturated rings. The van der Waals surface area contributed by atoms with Gasteiger partial charge in [0.2, 0.25) is 0 Å². The third kappa shape index (κ3) is 2.18. The van der Waals surface area contributed by atoms with Crippen molar-refractivity contribution in [2.45, 2.75) is 0 Å². The number of rotatable bonds is 2. The monoisotopic (exact) mass is 358 g/mol. The van der Waals surface area contributed by atoms with Crippen molar-refractivity contribution in [3.63, 3.8) is 0 Å². The van der Waals surface area contributed by atoms with Crippen molar-refractivity contribution in [1.29, 1.82) is 0 Å². The van der Waals surface area contributed by atoms with E-state index in [-0.39, 0.29) is 0 Å². The van der Waals surface area contributed by atoms with Crippen LogP contribution in [0.25, 0.3) is 21.5 Å². The summed E-state index contributed by atoms with van der Waals surface area (Å²) in [5.74, 6) is 0. The molecular weight excluding hydrogens is 343 g/mol. The average Bonchev–Trinajstić information content (AvgIpc) is 3.22. The van der Waals surface area contributed by atoms with Crippen LogP contribution in [-0.2, 0) is 4.57 Å². The average molecular weight is 358 g/mol. The standard InChI is InChI=1S/C22H15OPS/c23-24(18-10-2-1-3-11-18)19-12-6-4-8-16(19)14-20(24)22-15-17-9-5-7-13-21(17)25-22/h1-15H. The molecule has 1 aliphatic rings. The minimum absolute atomic E-state index is 0.906. The maximum absolute atomic E-state index is 14.4. The highest BCUT2D eigenvalue weighted by molar-refractivity contribution is 7.88. The number of fused-ring (bicyclic) bond motifs is 2. The highest BCUT2D eigenvalue weighted by Crippen LogP contribution is 2.62. The Kier molecular flexibility index (Phi) is 3.31. The molecule has 0 saturated carbocycles. The first-order valence-electron chi connectivity index (χ1n) is 8.23. The van der Waals surface area contributed by atoms with Crippen molar-refractivity contribution >= 4 is 50.6 Å². The maximum atomic E-state index is 14.4. The number of benzene rings is 3. The second-order valence-electron chi connectivity index (χ2n) is 6.18. The summed E-state index contributed by atoms with van der Waals surface area (Å²) in [6.07, 6.45) is 2.12. The van der Waals surface area contributed by atoms with Crippen molar-refractivity contribution in [2.24, 2.45) is 0 Å². The minimum atomic E-state index is -2.83. The molecule has 0 amide bonds. The molecule has 1 aromatic heterocycles. The molecule has 1 aliphatic heterocycles. The summed E-state index contributed by atoms with van der Waals surface area (Å²) in [7, 11) is -2.83. The fourth-order valence-electron chi connectivity index (χ4n) is 3.51. The van der Waals surface area contributed by atoms with Crippen LogP contribution in [0, 0.1) is 0 Å². The van der Waals surface area contributed by atoms with Crippen LogP contribution in [0.1, 0.15) is 10.4 Å². The molecule has 3 aromatic carbocycles. The number of thiophene rings is 1. The third-order valence-corrected chi connectivity index (χ3v) is 9.17. The molecule has 2 heterocycles. The van der Waals surface area contributed by atoms with Gasteiger partial charge in [0.25, 0.3) is 0 Å². The molecule has 0 saturated heterocycles. The zero-order chi connectivity index (χ0) is 16.9. The Morgan fingerprint density at radius 2 is 1.48 bits per heavy atom. The summed E-state index contributed by atoms with van der Waals surface area (Å²) >= 11 is 1.72. The summed E-state index contributed by atoms with van der Waals surface area (Å²) < 4.78 is 15.6. The van der Waals surface area contributed by atoms with Crippen molar-refractivity contribution in [2.75, 3.05) is 0 Å². The zero-order valence-electron chi connectivity index (χ0n) is 13.4. The van der Waals surface area contributed by atoms with Gasteiger partial charge in [-0.05, 0) is 29.2 Å². The molecule has 0 spiro atoms. The van der Waals surface area contributed by atoms with E-state index in [1.54, 1.807) is 11.3 Å². The molecular formula is C22H15OPS. The summed E-state index contributed by atoms with van der Waals surface area (Å²) in [4.78, 5) is 1.10. The third-order valence-electron chi connectivity index (χ3n) is 4.71. The second-order valence-corrected chi connectivity index (χ2v) is 9.96. The van der Waals surface area contributed by atoms with E-state index in [2.05, 4.69) is 36.4 Å². The SMILES string of the molecule is O=P1(c2ccccc2)C(c2cc3ccccc3s2)=Cc2ccccc21. The largest absolute Gasteiger partial charge is 0.309 e. The summed E-state index contributed by atoms with van der Waals surface area (Å²) in [6.45, 7) is 0. The van der Waals surface area contributed by atoms with Gasteiger partial charge in [0.05, 0.1) is 0 Å². The highest BCUT2D eigenvalue weighted by atomic mass is 32.1. The van der Waals surface area contributed by atoms with Crippen LogP contribution in [0.5, 0.6) is 0 Å². The maximum Gasteiger partial charge on any atom is 0.173 e. The lowest BCUT2D eigenvalue weighted by Crippen LogP contribution is -2.15. The topological polar surface area (TPSA) is 17.1 Å². The van der Waals surface area contributed by atoms with Crippen LogP contribution >= 0.6 is 18.5 Å². The first-order valence-corrected chi connectivity index (χ1v) is 10.8. The number of hydrogen-bond donors (Lipinski definition) is 0. The summed E-state index contributed by atoms with van der Waals surface area (Å²) in [5, 5.41) is 4.03. The Morgan fingerprint density at radius 1 is 0.760 bits per heavy atom. The van der Waals surface area contributed by atoms with Gasteiger partial charge in [-0.3, -0.25) is 0 Å². The first kappa shape index (κ1) is 14.9. The van der Waals surface area contributed by atoms with Crippen molar-refractivity contribution in [1.82, 2.24) is 0 Å². The van der Waals surface area contributed by atoms with Crippen LogP contribution in [0.15, 0.2) is 84.9 Å². The molecule has 0 N–H and O–H groups in total. The van der Waals surface area contributed by atoms with Gasteiger partial charge in [0.1, 0.15) is 0 Å². The Bertz CT molecular complexity index is 1140. The second kappa shape index (κ2) is 5.56. The van der Waals surface area contributed by atoms with Gasteiger partial charge in [-0.15, -0.1) is 11.3 Å². The Morgan fingerprint density at radius 3 is 2.32 bits per heavy atom. The van der Waals surface area contributed by atoms with Crippen LogP contribution < -0.4 is 10.6 Å². The lowest BCUT2D eigenvalue weighted by atomic mass is 10.2. The van der Waals surface area contributed by atoms with E-state index in [9.17, 15) is 4.57 Å². The van der Waals surface area contributed by atoms with E-state index in [4.69, 9.17) is 0 Å². The Balaban J connectivity index is 1.79. The lowest BCUT2D eigenvalue weighted by Gasteiger charge is -2.17. The molecule has 0 radical (unpaired) electrons. The predicted octanol–water partition coefficient (Wildman–Crippen LogP) is 5.73. The van der Waals surface area contributed by atoms with E-state index in [1.165, 1.54) is 10.1 Å². The van der Waals surface area contributed by atoms with Gasteiger partial charge >= 0.3 is 0 Å². The van der Waals surface area contributed by atoms with E-state index in [1.807, 2.05) is 54.6 Å². The van der Waals surface area contributed by atoms with Crippen molar-refractivity contribution in [3.8, 4) is 0 Å². The Labute approximate surface area is 150 Å². The van der Waals surface area contributed by atoms with Gasteiger partial charge < -0.3 is 4.57 Å². The van der Waals surface area contributed by atoms with Crippen molar-refractivity contribution < 1.29 is 4.57 Å². The smallest absolute Gasteiger partial charge is 0.173 e. The molecule has 1 atom stereocenters. The van der Waals surface area contributed by atoms with Crippen molar-refractivity contribution in [3.05, 3.63) is 95.4 Å². The van der Waals surface area contributed by atoms with Gasteiger partial charge in [0, 0.05) is 25.5 Å². The van der Waals surface area contributed by atoms with E-state index in [0.29, 0.717) is 0 Å². The lowest BCUT2D eigenvalue weighted by molar-refractivity contribution is 0.593. The minimum Gasteiger partial charge on any atom is -0.309 e. The van der Waals surface area contributed by atoms with E-state index >= 15 is 0 Å².